The zero-order chi connectivity index (χ0) is 43.8. The Morgan fingerprint density at radius 2 is 1.09 bits per heavy atom. The number of benzene rings is 7. The molecule has 4 nitrogen and oxygen atoms in total. The van der Waals surface area contributed by atoms with Gasteiger partial charge >= 0.3 is 0 Å². The summed E-state index contributed by atoms with van der Waals surface area (Å²) in [6.45, 7) is 18.5. The molecule has 5 heterocycles. The van der Waals surface area contributed by atoms with Gasteiger partial charge in [-0.05, 0) is 128 Å². The fourth-order valence-corrected chi connectivity index (χ4v) is 11.8. The molecule has 12 rings (SSSR count). The number of hydrogen-bond donors (Lipinski definition) is 0. The van der Waals surface area contributed by atoms with Crippen molar-refractivity contribution in [2.24, 2.45) is 0 Å². The first-order valence-corrected chi connectivity index (χ1v) is 23.2. The van der Waals surface area contributed by atoms with Crippen molar-refractivity contribution in [3.8, 4) is 22.3 Å². The maximum Gasteiger partial charge on any atom is 0.254 e. The molecule has 0 spiro atoms. The van der Waals surface area contributed by atoms with Gasteiger partial charge in [0.1, 0.15) is 11.2 Å². The number of nitrogens with zero attached hydrogens (tertiary/aromatic N) is 2. The molecule has 0 N–H and O–H groups in total. The second-order valence-electron chi connectivity index (χ2n) is 19.9. The number of hydrogen-bond acceptors (Lipinski definition) is 5. The fourth-order valence-electron chi connectivity index (χ4n) is 10.5. The minimum Gasteiger partial charge on any atom is -0.464 e. The Labute approximate surface area is 379 Å². The summed E-state index contributed by atoms with van der Waals surface area (Å²) < 4.78 is 13.5. The summed E-state index contributed by atoms with van der Waals surface area (Å²) in [6.07, 6.45) is 3.82. The van der Waals surface area contributed by atoms with E-state index < -0.39 is 0 Å². The van der Waals surface area contributed by atoms with E-state index in [2.05, 4.69) is 187 Å². The standard InChI is InChI=1S/C58H49BN2O2S/c1-34-28-39(58(6,7)8)29-35(2)55(34)61-49-17-13-16-48-54(49)59(53-43-31-38(57(3,4)5)23-27-52(43)64-56(53)61)46-30-37(45-33-63-51-19-12-10-15-42(45)51)22-26-47(46)60(48)40-24-20-36(21-25-40)44-32-62-50-18-11-9-14-41(44)50/h9-33H,1-8H3. The lowest BCUT2D eigenvalue weighted by atomic mass is 9.33. The van der Waals surface area contributed by atoms with Crippen molar-refractivity contribution in [2.75, 3.05) is 9.80 Å². The second kappa shape index (κ2) is 13.9. The fraction of sp³-hybridized carbons (Fsp3) is 0.172. The van der Waals surface area contributed by atoms with Gasteiger partial charge in [0.05, 0.1) is 23.2 Å². The molecule has 0 aliphatic carbocycles. The van der Waals surface area contributed by atoms with Crippen LogP contribution in [0.4, 0.5) is 33.4 Å². The van der Waals surface area contributed by atoms with Crippen LogP contribution in [-0.4, -0.2) is 6.71 Å². The van der Waals surface area contributed by atoms with Crippen molar-refractivity contribution in [3.63, 3.8) is 0 Å². The van der Waals surface area contributed by atoms with E-state index in [1.807, 2.05) is 42.1 Å². The highest BCUT2D eigenvalue weighted by atomic mass is 32.1. The predicted molar refractivity (Wildman–Crippen MR) is 273 cm³/mol. The molecule has 7 aromatic carbocycles. The summed E-state index contributed by atoms with van der Waals surface area (Å²) in [4.78, 5) is 5.12. The molecule has 2 aliphatic heterocycles. The average molecular weight is 849 g/mol. The second-order valence-corrected chi connectivity index (χ2v) is 20.9. The molecule has 0 saturated heterocycles. The van der Waals surface area contributed by atoms with Crippen molar-refractivity contribution in [2.45, 2.75) is 66.2 Å². The highest BCUT2D eigenvalue weighted by Crippen LogP contribution is 2.50. The van der Waals surface area contributed by atoms with Gasteiger partial charge in [0.15, 0.2) is 0 Å². The van der Waals surface area contributed by atoms with Gasteiger partial charge in [0.25, 0.3) is 6.71 Å². The SMILES string of the molecule is Cc1cc(C(C)(C)C)cc(C)c1N1c2cccc3c2B(c2cc(-c4coc5ccccc45)ccc2N3c2ccc(-c3coc4ccccc34)cc2)c2c1sc1ccc(C(C)(C)C)cc21. The van der Waals surface area contributed by atoms with Gasteiger partial charge in [-0.2, -0.15) is 0 Å². The zero-order valence-electron chi connectivity index (χ0n) is 37.6. The van der Waals surface area contributed by atoms with Crippen molar-refractivity contribution in [3.05, 3.63) is 174 Å². The van der Waals surface area contributed by atoms with E-state index in [4.69, 9.17) is 8.83 Å². The van der Waals surface area contributed by atoms with Gasteiger partial charge < -0.3 is 18.6 Å². The van der Waals surface area contributed by atoms with Crippen LogP contribution in [0.3, 0.4) is 0 Å². The number of fused-ring (bicyclic) bond motifs is 8. The lowest BCUT2D eigenvalue weighted by Crippen LogP contribution is -2.61. The summed E-state index contributed by atoms with van der Waals surface area (Å²) in [7, 11) is 0. The quantitative estimate of drug-likeness (QED) is 0.165. The molecule has 312 valence electrons. The maximum absolute atomic E-state index is 6.19. The van der Waals surface area contributed by atoms with Crippen LogP contribution in [0.15, 0.2) is 161 Å². The van der Waals surface area contributed by atoms with Crippen LogP contribution in [0.2, 0.25) is 0 Å². The van der Waals surface area contributed by atoms with Crippen LogP contribution >= 0.6 is 11.3 Å². The smallest absolute Gasteiger partial charge is 0.254 e. The summed E-state index contributed by atoms with van der Waals surface area (Å²) in [5.41, 5.74) is 21.5. The van der Waals surface area contributed by atoms with E-state index in [1.165, 1.54) is 76.5 Å². The molecule has 0 amide bonds. The number of aryl methyl sites for hydroxylation is 2. The summed E-state index contributed by atoms with van der Waals surface area (Å²) >= 11 is 1.93. The molecule has 0 bridgehead atoms. The summed E-state index contributed by atoms with van der Waals surface area (Å²) in [5.74, 6) is 0. The van der Waals surface area contributed by atoms with Crippen molar-refractivity contribution >= 4 is 99.9 Å². The van der Waals surface area contributed by atoms with E-state index in [0.29, 0.717) is 0 Å². The first kappa shape index (κ1) is 38.9. The first-order valence-electron chi connectivity index (χ1n) is 22.4. The van der Waals surface area contributed by atoms with Gasteiger partial charge in [-0.25, -0.2) is 0 Å². The van der Waals surface area contributed by atoms with Crippen LogP contribution in [-0.2, 0) is 10.8 Å². The van der Waals surface area contributed by atoms with Crippen LogP contribution in [0.5, 0.6) is 0 Å². The van der Waals surface area contributed by atoms with Gasteiger partial charge in [-0.1, -0.05) is 133 Å². The number of rotatable bonds is 4. The molecular formula is C58H49BN2O2S. The Morgan fingerprint density at radius 1 is 0.500 bits per heavy atom. The highest BCUT2D eigenvalue weighted by Gasteiger charge is 2.46. The van der Waals surface area contributed by atoms with Crippen molar-refractivity contribution in [1.82, 2.24) is 0 Å². The Bertz CT molecular complexity index is 3500. The zero-order valence-corrected chi connectivity index (χ0v) is 38.4. The number of thiophene rings is 1. The molecule has 0 unspecified atom stereocenters. The molecule has 3 aromatic heterocycles. The molecule has 2 aliphatic rings. The molecule has 6 heteroatoms. The Morgan fingerprint density at radius 3 is 1.73 bits per heavy atom. The lowest BCUT2D eigenvalue weighted by Gasteiger charge is -2.44. The number of furan rings is 2. The Balaban J connectivity index is 1.15. The third-order valence-corrected chi connectivity index (χ3v) is 14.9. The lowest BCUT2D eigenvalue weighted by molar-refractivity contribution is 0.589. The summed E-state index contributed by atoms with van der Waals surface area (Å²) in [6, 6.07) is 51.8. The van der Waals surface area contributed by atoms with Crippen LogP contribution in [0, 0.1) is 13.8 Å². The highest BCUT2D eigenvalue weighted by molar-refractivity contribution is 7.26. The molecule has 10 aromatic rings. The Kier molecular flexibility index (Phi) is 8.43. The molecule has 64 heavy (non-hydrogen) atoms. The minimum absolute atomic E-state index is 0.0118. The number of anilines is 6. The molecule has 0 atom stereocenters. The van der Waals surface area contributed by atoms with Crippen LogP contribution in [0.25, 0.3) is 54.3 Å². The molecular weight excluding hydrogens is 800 g/mol. The van der Waals surface area contributed by atoms with E-state index in [-0.39, 0.29) is 17.5 Å². The third-order valence-electron chi connectivity index (χ3n) is 13.8. The Hall–Kier alpha value is -6.76. The first-order chi connectivity index (χ1) is 30.8. The van der Waals surface area contributed by atoms with Crippen molar-refractivity contribution in [1.29, 1.82) is 0 Å². The maximum atomic E-state index is 6.19. The van der Waals surface area contributed by atoms with E-state index in [0.717, 1.165) is 49.9 Å². The topological polar surface area (TPSA) is 32.8 Å². The predicted octanol–water partition coefficient (Wildman–Crippen LogP) is 15.0. The molecule has 0 radical (unpaired) electrons. The van der Waals surface area contributed by atoms with Crippen molar-refractivity contribution < 1.29 is 8.83 Å². The molecule has 0 saturated carbocycles. The molecule has 0 fully saturated rings. The normalized spacial score (nSPS) is 13.5. The largest absolute Gasteiger partial charge is 0.464 e. The number of para-hydroxylation sites is 2. The van der Waals surface area contributed by atoms with Crippen LogP contribution < -0.4 is 26.2 Å². The van der Waals surface area contributed by atoms with Gasteiger partial charge in [-0.15, -0.1) is 11.3 Å². The summed E-state index contributed by atoms with van der Waals surface area (Å²) in [5, 5.41) is 4.86. The van der Waals surface area contributed by atoms with E-state index in [1.54, 1.807) is 0 Å². The minimum atomic E-state index is -0.0307. The van der Waals surface area contributed by atoms with E-state index >= 15 is 0 Å². The monoisotopic (exact) mass is 848 g/mol. The third kappa shape index (κ3) is 5.81. The van der Waals surface area contributed by atoms with Gasteiger partial charge in [0.2, 0.25) is 0 Å². The van der Waals surface area contributed by atoms with Gasteiger partial charge in [-0.3, -0.25) is 0 Å². The van der Waals surface area contributed by atoms with Gasteiger partial charge in [0, 0.05) is 49.3 Å². The van der Waals surface area contributed by atoms with E-state index in [9.17, 15) is 0 Å². The average Bonchev–Trinajstić information content (AvgIpc) is 4.02. The van der Waals surface area contributed by atoms with Crippen LogP contribution in [0.1, 0.15) is 63.8 Å².